The predicted molar refractivity (Wildman–Crippen MR) is 171 cm³/mol. The van der Waals surface area contributed by atoms with Crippen molar-refractivity contribution in [2.24, 2.45) is 5.41 Å². The number of nitrogens with two attached hydrogens (primary N) is 1. The van der Waals surface area contributed by atoms with Crippen molar-refractivity contribution in [3.63, 3.8) is 0 Å². The fraction of sp³-hybridized carbons (Fsp3) is 0.484. The molecule has 0 amide bonds. The number of ether oxygens (including phenoxy) is 3. The van der Waals surface area contributed by atoms with Gasteiger partial charge in [-0.1, -0.05) is 57.2 Å². The number of hydrogen-bond acceptors (Lipinski definition) is 12. The minimum Gasteiger partial charge on any atom is -0.479 e. The molecule has 4 N–H and O–H groups in total. The molecule has 5 unspecified atom stereocenters. The number of anilines is 1. The number of rotatable bonds is 11. The fourth-order valence-corrected chi connectivity index (χ4v) is 6.79. The number of carbonyl (C=O) groups excluding carboxylic acids is 1. The van der Waals surface area contributed by atoms with Crippen molar-refractivity contribution in [2.45, 2.75) is 71.9 Å². The Bertz CT molecular complexity index is 1780. The number of methoxy groups -OCH3 is 1. The van der Waals surface area contributed by atoms with E-state index in [9.17, 15) is 14.5 Å². The lowest BCUT2D eigenvalue weighted by Crippen LogP contribution is -2.37. The van der Waals surface area contributed by atoms with Gasteiger partial charge in [0, 0.05) is 11.8 Å². The van der Waals surface area contributed by atoms with E-state index in [-0.39, 0.29) is 36.9 Å². The van der Waals surface area contributed by atoms with Crippen LogP contribution in [0.4, 0.5) is 5.95 Å². The smallest absolute Gasteiger partial charge is 0.459 e. The molecular weight excluding hydrogens is 615 g/mol. The molecule has 1 fully saturated rings. The van der Waals surface area contributed by atoms with Gasteiger partial charge in [-0.3, -0.25) is 13.9 Å². The maximum atomic E-state index is 14.4. The number of benzene rings is 2. The van der Waals surface area contributed by atoms with Crippen LogP contribution in [0.2, 0.25) is 0 Å². The van der Waals surface area contributed by atoms with Crippen LogP contribution in [-0.4, -0.2) is 68.7 Å². The van der Waals surface area contributed by atoms with E-state index in [0.717, 1.165) is 5.39 Å². The molecule has 0 saturated carbocycles. The summed E-state index contributed by atoms with van der Waals surface area (Å²) >= 11 is 0. The third kappa shape index (κ3) is 7.26. The molecule has 15 heteroatoms. The second-order valence-corrected chi connectivity index (χ2v) is 14.5. The van der Waals surface area contributed by atoms with Crippen molar-refractivity contribution in [2.75, 3.05) is 26.1 Å². The molecule has 0 aliphatic carbocycles. The molecule has 248 valence electrons. The minimum atomic E-state index is -4.25. The summed E-state index contributed by atoms with van der Waals surface area (Å²) in [5, 5.41) is 15.8. The van der Waals surface area contributed by atoms with E-state index in [1.807, 2.05) is 51.1 Å². The summed E-state index contributed by atoms with van der Waals surface area (Å²) in [5.74, 6) is 0.326. The molecule has 4 aromatic rings. The van der Waals surface area contributed by atoms with Crippen molar-refractivity contribution in [1.29, 1.82) is 0 Å². The highest BCUT2D eigenvalue weighted by Gasteiger charge is 2.47. The maximum absolute atomic E-state index is 14.4. The van der Waals surface area contributed by atoms with Gasteiger partial charge in [-0.25, -0.2) is 9.55 Å². The van der Waals surface area contributed by atoms with Gasteiger partial charge in [-0.2, -0.15) is 15.1 Å². The first kappa shape index (κ1) is 33.6. The summed E-state index contributed by atoms with van der Waals surface area (Å²) in [5.41, 5.74) is 4.92. The standard InChI is InChI=1S/C31H41N6O8P/c1-18(27(38)42-17-30(3,4)5)36-46(40,45-23-14-10-12-20-11-8-9-13-22(20)23)43-16-21-15-31(6,39)28(44-21)37-19(2)33-24-25(37)34-29(32)35-26(24)41-7/h8-14,18,21,28,39H,15-17H2,1-7H3,(H,36,40)(H2,32,34,35). The Morgan fingerprint density at radius 2 is 1.93 bits per heavy atom. The maximum Gasteiger partial charge on any atom is 0.459 e. The summed E-state index contributed by atoms with van der Waals surface area (Å²) < 4.78 is 45.0. The fourth-order valence-electron chi connectivity index (χ4n) is 5.25. The van der Waals surface area contributed by atoms with Crippen molar-refractivity contribution in [3.05, 3.63) is 48.3 Å². The first-order chi connectivity index (χ1) is 21.6. The third-order valence-electron chi connectivity index (χ3n) is 7.37. The molecule has 3 heterocycles. The topological polar surface area (TPSA) is 182 Å². The zero-order chi connectivity index (χ0) is 33.4. The van der Waals surface area contributed by atoms with Gasteiger partial charge in [0.25, 0.3) is 0 Å². The summed E-state index contributed by atoms with van der Waals surface area (Å²) in [6.45, 7) is 10.6. The Labute approximate surface area is 267 Å². The van der Waals surface area contributed by atoms with Crippen molar-refractivity contribution in [1.82, 2.24) is 24.6 Å². The number of imidazole rings is 1. The molecule has 1 aliphatic heterocycles. The van der Waals surface area contributed by atoms with Crippen molar-refractivity contribution in [3.8, 4) is 11.6 Å². The average Bonchev–Trinajstić information content (AvgIpc) is 3.47. The Balaban J connectivity index is 1.39. The van der Waals surface area contributed by atoms with E-state index >= 15 is 0 Å². The van der Waals surface area contributed by atoms with Gasteiger partial charge >= 0.3 is 13.7 Å². The van der Waals surface area contributed by atoms with Crippen LogP contribution >= 0.6 is 7.75 Å². The number of fused-ring (bicyclic) bond motifs is 2. The van der Waals surface area contributed by atoms with E-state index in [1.165, 1.54) is 14.0 Å². The van der Waals surface area contributed by atoms with Crippen LogP contribution in [0.25, 0.3) is 21.9 Å². The average molecular weight is 657 g/mol. The molecule has 5 atom stereocenters. The number of nitrogens with zero attached hydrogens (tertiary/aromatic N) is 4. The van der Waals surface area contributed by atoms with E-state index in [1.54, 1.807) is 30.5 Å². The van der Waals surface area contributed by atoms with Crippen LogP contribution in [0.5, 0.6) is 11.6 Å². The Morgan fingerprint density at radius 3 is 2.65 bits per heavy atom. The third-order valence-corrected chi connectivity index (χ3v) is 9.00. The zero-order valence-electron chi connectivity index (χ0n) is 27.0. The summed E-state index contributed by atoms with van der Waals surface area (Å²) in [6, 6.07) is 11.8. The first-order valence-electron chi connectivity index (χ1n) is 14.9. The van der Waals surface area contributed by atoms with Crippen LogP contribution in [0.1, 0.15) is 53.1 Å². The van der Waals surface area contributed by atoms with Gasteiger partial charge in [0.05, 0.1) is 26.4 Å². The quantitative estimate of drug-likeness (QED) is 0.150. The lowest BCUT2D eigenvalue weighted by molar-refractivity contribution is -0.148. The lowest BCUT2D eigenvalue weighted by Gasteiger charge is -2.26. The molecule has 1 aliphatic rings. The van der Waals surface area contributed by atoms with Crippen molar-refractivity contribution < 1.29 is 37.7 Å². The summed E-state index contributed by atoms with van der Waals surface area (Å²) in [6.07, 6.45) is -1.60. The van der Waals surface area contributed by atoms with Gasteiger partial charge < -0.3 is 29.6 Å². The van der Waals surface area contributed by atoms with Gasteiger partial charge in [-0.05, 0) is 37.6 Å². The van der Waals surface area contributed by atoms with Gasteiger partial charge in [0.2, 0.25) is 11.8 Å². The first-order valence-corrected chi connectivity index (χ1v) is 16.4. The normalized spacial score (nSPS) is 22.1. The van der Waals surface area contributed by atoms with Crippen molar-refractivity contribution >= 4 is 41.6 Å². The number of nitrogen functional groups attached to an aromatic ring is 1. The predicted octanol–water partition coefficient (Wildman–Crippen LogP) is 4.69. The number of esters is 1. The molecule has 14 nitrogen and oxygen atoms in total. The van der Waals surface area contributed by atoms with Crippen LogP contribution in [0, 0.1) is 12.3 Å². The highest BCUT2D eigenvalue weighted by molar-refractivity contribution is 7.52. The number of hydrogen-bond donors (Lipinski definition) is 3. The molecule has 5 rings (SSSR count). The molecule has 2 aromatic carbocycles. The molecule has 46 heavy (non-hydrogen) atoms. The summed E-state index contributed by atoms with van der Waals surface area (Å²) in [7, 11) is -2.80. The van der Waals surface area contributed by atoms with Crippen LogP contribution in [-0.2, 0) is 23.4 Å². The number of aromatic nitrogens is 4. The second kappa shape index (κ2) is 12.8. The number of aryl methyl sites for hydroxylation is 1. The van der Waals surface area contributed by atoms with E-state index in [2.05, 4.69) is 20.0 Å². The molecule has 0 bridgehead atoms. The summed E-state index contributed by atoms with van der Waals surface area (Å²) in [4.78, 5) is 25.8. The molecule has 1 saturated heterocycles. The largest absolute Gasteiger partial charge is 0.479 e. The minimum absolute atomic E-state index is 0.0317. The van der Waals surface area contributed by atoms with Crippen LogP contribution in [0.3, 0.4) is 0 Å². The molecule has 2 aromatic heterocycles. The number of aliphatic hydroxyl groups is 1. The van der Waals surface area contributed by atoms with Gasteiger partial charge in [0.15, 0.2) is 17.4 Å². The highest BCUT2D eigenvalue weighted by Crippen LogP contribution is 2.48. The van der Waals surface area contributed by atoms with E-state index in [4.69, 9.17) is 29.0 Å². The Kier molecular flexibility index (Phi) is 9.31. The molecular formula is C31H41N6O8P. The van der Waals surface area contributed by atoms with E-state index < -0.39 is 37.7 Å². The highest BCUT2D eigenvalue weighted by atomic mass is 31.2. The lowest BCUT2D eigenvalue weighted by atomic mass is 9.99. The van der Waals surface area contributed by atoms with Gasteiger partial charge in [-0.15, -0.1) is 0 Å². The number of nitrogens with one attached hydrogen (secondary N) is 1. The number of carbonyl (C=O) groups is 1. The monoisotopic (exact) mass is 656 g/mol. The van der Waals surface area contributed by atoms with Crippen LogP contribution in [0.15, 0.2) is 42.5 Å². The molecule has 0 spiro atoms. The van der Waals surface area contributed by atoms with Crippen LogP contribution < -0.4 is 20.1 Å². The Hall–Kier alpha value is -3.81. The SMILES string of the molecule is COc1nc(N)nc2c1nc(C)n2C1OC(COP(=O)(NC(C)C(=O)OCC(C)(C)C)Oc2cccc3ccccc23)CC1(C)O. The van der Waals surface area contributed by atoms with Gasteiger partial charge in [0.1, 0.15) is 23.2 Å². The van der Waals surface area contributed by atoms with E-state index in [0.29, 0.717) is 28.1 Å². The molecule has 0 radical (unpaired) electrons. The second-order valence-electron chi connectivity index (χ2n) is 12.8. The Morgan fingerprint density at radius 1 is 1.22 bits per heavy atom. The zero-order valence-corrected chi connectivity index (χ0v) is 27.9.